The summed E-state index contributed by atoms with van der Waals surface area (Å²) in [4.78, 5) is 15.5. The van der Waals surface area contributed by atoms with Crippen molar-refractivity contribution in [2.45, 2.75) is 45.7 Å². The highest BCUT2D eigenvalue weighted by Gasteiger charge is 2.34. The number of halogens is 3. The Kier molecular flexibility index (Phi) is 4.44. The second kappa shape index (κ2) is 5.98. The van der Waals surface area contributed by atoms with Gasteiger partial charge in [-0.15, -0.1) is 0 Å². The van der Waals surface area contributed by atoms with Crippen molar-refractivity contribution in [3.05, 3.63) is 35.7 Å². The average Bonchev–Trinajstić information content (AvgIpc) is 2.46. The Balaban J connectivity index is 2.47. The molecule has 118 valence electrons. The fourth-order valence-electron chi connectivity index (χ4n) is 1.80. The van der Waals surface area contributed by atoms with Crippen molar-refractivity contribution in [2.75, 3.05) is 0 Å². The van der Waals surface area contributed by atoms with Crippen LogP contribution in [0.1, 0.15) is 56.7 Å². The largest absolute Gasteiger partial charge is 0.451 e. The van der Waals surface area contributed by atoms with E-state index in [2.05, 4.69) is 19.9 Å². The van der Waals surface area contributed by atoms with Crippen LogP contribution in [-0.4, -0.2) is 19.9 Å². The summed E-state index contributed by atoms with van der Waals surface area (Å²) in [5.41, 5.74) is 2.06. The Bertz CT molecular complexity index is 623. The van der Waals surface area contributed by atoms with Crippen LogP contribution >= 0.6 is 0 Å². The number of hydrogen-bond acceptors (Lipinski definition) is 4. The van der Waals surface area contributed by atoms with Crippen LogP contribution in [0.15, 0.2) is 18.5 Å². The topological polar surface area (TPSA) is 51.6 Å². The van der Waals surface area contributed by atoms with Crippen LogP contribution in [-0.2, 0) is 6.18 Å². The number of alkyl halides is 3. The molecule has 0 amide bonds. The molecule has 0 fully saturated rings. The van der Waals surface area contributed by atoms with Crippen molar-refractivity contribution < 1.29 is 13.2 Å². The van der Waals surface area contributed by atoms with Gasteiger partial charge in [-0.25, -0.2) is 19.9 Å². The lowest BCUT2D eigenvalue weighted by molar-refractivity contribution is -0.144. The standard InChI is InChI=1S/C15H17F3N4/c1-8(2)11-5-12(9(3)4)22-13(21-11)10-6-19-14(20-7-10)15(16,17)18/h5-9H,1-4H3. The summed E-state index contributed by atoms with van der Waals surface area (Å²) in [6.45, 7) is 8.00. The zero-order valence-electron chi connectivity index (χ0n) is 12.8. The van der Waals surface area contributed by atoms with E-state index in [1.54, 1.807) is 0 Å². The zero-order valence-corrected chi connectivity index (χ0v) is 12.8. The van der Waals surface area contributed by atoms with Crippen LogP contribution in [0, 0.1) is 0 Å². The molecular weight excluding hydrogens is 293 g/mol. The smallest absolute Gasteiger partial charge is 0.233 e. The summed E-state index contributed by atoms with van der Waals surface area (Å²) in [5, 5.41) is 0. The van der Waals surface area contributed by atoms with Crippen LogP contribution in [0.3, 0.4) is 0 Å². The van der Waals surface area contributed by atoms with Crippen molar-refractivity contribution in [3.63, 3.8) is 0 Å². The van der Waals surface area contributed by atoms with E-state index in [4.69, 9.17) is 0 Å². The minimum Gasteiger partial charge on any atom is -0.233 e. The first-order valence-corrected chi connectivity index (χ1v) is 6.97. The van der Waals surface area contributed by atoms with E-state index in [0.29, 0.717) is 11.4 Å². The highest BCUT2D eigenvalue weighted by Crippen LogP contribution is 2.27. The maximum atomic E-state index is 12.5. The van der Waals surface area contributed by atoms with Crippen LogP contribution in [0.25, 0.3) is 11.4 Å². The van der Waals surface area contributed by atoms with Crippen molar-refractivity contribution >= 4 is 0 Å². The molecule has 0 N–H and O–H groups in total. The third-order valence-electron chi connectivity index (χ3n) is 3.11. The Morgan fingerprint density at radius 3 is 1.68 bits per heavy atom. The Hall–Kier alpha value is -2.05. The van der Waals surface area contributed by atoms with Crippen molar-refractivity contribution in [3.8, 4) is 11.4 Å². The van der Waals surface area contributed by atoms with Gasteiger partial charge in [-0.05, 0) is 17.9 Å². The molecule has 0 aromatic carbocycles. The normalized spacial score (nSPS) is 12.2. The second-order valence-corrected chi connectivity index (χ2v) is 5.64. The second-order valence-electron chi connectivity index (χ2n) is 5.64. The van der Waals surface area contributed by atoms with Gasteiger partial charge in [-0.1, -0.05) is 27.7 Å². The first kappa shape index (κ1) is 16.3. The molecule has 2 rings (SSSR count). The van der Waals surface area contributed by atoms with Gasteiger partial charge in [0, 0.05) is 23.8 Å². The fourth-order valence-corrected chi connectivity index (χ4v) is 1.80. The molecule has 0 saturated carbocycles. The van der Waals surface area contributed by atoms with Gasteiger partial charge in [-0.3, -0.25) is 0 Å². The molecule has 0 aliphatic rings. The minimum atomic E-state index is -4.55. The molecule has 0 bridgehead atoms. The lowest BCUT2D eigenvalue weighted by Gasteiger charge is -2.12. The van der Waals surface area contributed by atoms with E-state index in [1.807, 2.05) is 33.8 Å². The van der Waals surface area contributed by atoms with Crippen LogP contribution in [0.4, 0.5) is 13.2 Å². The van der Waals surface area contributed by atoms with E-state index >= 15 is 0 Å². The van der Waals surface area contributed by atoms with Crippen molar-refractivity contribution in [2.24, 2.45) is 0 Å². The summed E-state index contributed by atoms with van der Waals surface area (Å²) >= 11 is 0. The number of nitrogens with zero attached hydrogens (tertiary/aromatic N) is 4. The van der Waals surface area contributed by atoms with Crippen LogP contribution in [0.5, 0.6) is 0 Å². The summed E-state index contributed by atoms with van der Waals surface area (Å²) in [6.07, 6.45) is -2.33. The van der Waals surface area contributed by atoms with E-state index in [1.165, 1.54) is 0 Å². The number of aromatic nitrogens is 4. The molecule has 0 unspecified atom stereocenters. The molecule has 2 aromatic heterocycles. The maximum absolute atomic E-state index is 12.5. The zero-order chi connectivity index (χ0) is 16.5. The van der Waals surface area contributed by atoms with Gasteiger partial charge < -0.3 is 0 Å². The van der Waals surface area contributed by atoms with Gasteiger partial charge in [0.1, 0.15) is 0 Å². The first-order chi connectivity index (χ1) is 10.2. The fraction of sp³-hybridized carbons (Fsp3) is 0.467. The molecule has 0 aliphatic heterocycles. The Morgan fingerprint density at radius 1 is 0.864 bits per heavy atom. The minimum absolute atomic E-state index is 0.189. The molecule has 7 heteroatoms. The molecule has 0 radical (unpaired) electrons. The third-order valence-corrected chi connectivity index (χ3v) is 3.11. The van der Waals surface area contributed by atoms with Crippen molar-refractivity contribution in [1.29, 1.82) is 0 Å². The van der Waals surface area contributed by atoms with Gasteiger partial charge in [0.15, 0.2) is 5.82 Å². The Morgan fingerprint density at radius 2 is 1.32 bits per heavy atom. The molecule has 0 atom stereocenters. The number of rotatable bonds is 3. The van der Waals surface area contributed by atoms with E-state index in [9.17, 15) is 13.2 Å². The third kappa shape index (κ3) is 3.58. The summed E-state index contributed by atoms with van der Waals surface area (Å²) in [6, 6.07) is 1.92. The van der Waals surface area contributed by atoms with E-state index in [-0.39, 0.29) is 11.8 Å². The van der Waals surface area contributed by atoms with Crippen LogP contribution in [0.2, 0.25) is 0 Å². The van der Waals surface area contributed by atoms with Crippen LogP contribution < -0.4 is 0 Å². The summed E-state index contributed by atoms with van der Waals surface area (Å²) in [7, 11) is 0. The lowest BCUT2D eigenvalue weighted by atomic mass is 10.0. The number of hydrogen-bond donors (Lipinski definition) is 0. The quantitative estimate of drug-likeness (QED) is 0.852. The van der Waals surface area contributed by atoms with E-state index in [0.717, 1.165) is 23.8 Å². The van der Waals surface area contributed by atoms with Gasteiger partial charge >= 0.3 is 6.18 Å². The molecule has 2 heterocycles. The van der Waals surface area contributed by atoms with Gasteiger partial charge in [0.05, 0.1) is 5.56 Å². The molecular formula is C15H17F3N4. The summed E-state index contributed by atoms with van der Waals surface area (Å²) in [5.74, 6) is -0.437. The molecule has 4 nitrogen and oxygen atoms in total. The molecule has 0 spiro atoms. The first-order valence-electron chi connectivity index (χ1n) is 6.97. The SMILES string of the molecule is CC(C)c1cc(C(C)C)nc(-c2cnc(C(F)(F)F)nc2)n1. The molecule has 22 heavy (non-hydrogen) atoms. The van der Waals surface area contributed by atoms with Gasteiger partial charge in [-0.2, -0.15) is 13.2 Å². The van der Waals surface area contributed by atoms with Crippen molar-refractivity contribution in [1.82, 2.24) is 19.9 Å². The Labute approximate surface area is 126 Å². The highest BCUT2D eigenvalue weighted by atomic mass is 19.4. The monoisotopic (exact) mass is 310 g/mol. The maximum Gasteiger partial charge on any atom is 0.451 e. The highest BCUT2D eigenvalue weighted by molar-refractivity contribution is 5.52. The van der Waals surface area contributed by atoms with Gasteiger partial charge in [0.25, 0.3) is 0 Å². The summed E-state index contributed by atoms with van der Waals surface area (Å²) < 4.78 is 37.5. The lowest BCUT2D eigenvalue weighted by Crippen LogP contribution is -2.11. The van der Waals surface area contributed by atoms with Gasteiger partial charge in [0.2, 0.25) is 5.82 Å². The molecule has 2 aromatic rings. The predicted molar refractivity (Wildman–Crippen MR) is 76.2 cm³/mol. The predicted octanol–water partition coefficient (Wildman–Crippen LogP) is 4.20. The molecule has 0 saturated heterocycles. The molecule has 0 aliphatic carbocycles. The van der Waals surface area contributed by atoms with E-state index < -0.39 is 12.0 Å². The average molecular weight is 310 g/mol.